The van der Waals surface area contributed by atoms with Crippen LogP contribution in [0.4, 0.5) is 0 Å². The molecule has 4 rings (SSSR count). The molecule has 0 unspecified atom stereocenters. The maximum atomic E-state index is 12.8. The first-order chi connectivity index (χ1) is 12.1. The van der Waals surface area contributed by atoms with Gasteiger partial charge in [-0.1, -0.05) is 36.4 Å². The summed E-state index contributed by atoms with van der Waals surface area (Å²) in [6.07, 6.45) is 1.44. The summed E-state index contributed by atoms with van der Waals surface area (Å²) in [5, 5.41) is 9.10. The van der Waals surface area contributed by atoms with Crippen LogP contribution in [-0.2, 0) is 6.54 Å². The van der Waals surface area contributed by atoms with Gasteiger partial charge < -0.3 is 9.67 Å². The van der Waals surface area contributed by atoms with Crippen LogP contribution in [0.3, 0.4) is 0 Å². The highest BCUT2D eigenvalue weighted by Crippen LogP contribution is 2.26. The van der Waals surface area contributed by atoms with E-state index in [0.717, 1.165) is 0 Å². The molecule has 0 bridgehead atoms. The van der Waals surface area contributed by atoms with Crippen molar-refractivity contribution in [2.75, 3.05) is 0 Å². The smallest absolute Gasteiger partial charge is 0.335 e. The molecule has 0 amide bonds. The van der Waals surface area contributed by atoms with Crippen molar-refractivity contribution in [2.45, 2.75) is 6.54 Å². The lowest BCUT2D eigenvalue weighted by molar-refractivity contribution is 0.0696. The van der Waals surface area contributed by atoms with E-state index in [1.54, 1.807) is 41.0 Å². The predicted octanol–water partition coefficient (Wildman–Crippen LogP) is 2.41. The largest absolute Gasteiger partial charge is 0.478 e. The van der Waals surface area contributed by atoms with Gasteiger partial charge in [-0.15, -0.1) is 0 Å². The monoisotopic (exact) mass is 332 g/mol. The molecule has 1 heterocycles. The normalized spacial score (nSPS) is 12.6. The van der Waals surface area contributed by atoms with Crippen LogP contribution in [0.2, 0.25) is 0 Å². The highest BCUT2D eigenvalue weighted by atomic mass is 16.4. The molecule has 0 saturated heterocycles. The fourth-order valence-corrected chi connectivity index (χ4v) is 3.04. The maximum absolute atomic E-state index is 12.8. The minimum absolute atomic E-state index is 0.137. The Morgan fingerprint density at radius 2 is 1.72 bits per heavy atom. The van der Waals surface area contributed by atoms with Gasteiger partial charge in [0.25, 0.3) is 0 Å². The van der Waals surface area contributed by atoms with Crippen molar-refractivity contribution >= 4 is 17.5 Å². The summed E-state index contributed by atoms with van der Waals surface area (Å²) in [6.45, 7) is 0.255. The van der Waals surface area contributed by atoms with Gasteiger partial charge in [-0.25, -0.2) is 9.78 Å². The number of carboxylic acids is 1. The van der Waals surface area contributed by atoms with Crippen LogP contribution in [0.25, 0.3) is 0 Å². The fourth-order valence-electron chi connectivity index (χ4n) is 3.04. The second-order valence-electron chi connectivity index (χ2n) is 5.78. The number of imidazole rings is 1. The number of rotatable bonds is 3. The van der Waals surface area contributed by atoms with Crippen LogP contribution >= 0.6 is 0 Å². The van der Waals surface area contributed by atoms with E-state index in [1.807, 2.05) is 0 Å². The molecule has 6 nitrogen and oxygen atoms in total. The van der Waals surface area contributed by atoms with E-state index in [-0.39, 0.29) is 35.1 Å². The molecular weight excluding hydrogens is 320 g/mol. The third-order valence-corrected chi connectivity index (χ3v) is 4.21. The van der Waals surface area contributed by atoms with E-state index >= 15 is 0 Å². The van der Waals surface area contributed by atoms with Gasteiger partial charge in [0, 0.05) is 17.7 Å². The van der Waals surface area contributed by atoms with Gasteiger partial charge in [-0.2, -0.15) is 0 Å². The number of ketones is 2. The summed E-state index contributed by atoms with van der Waals surface area (Å²) in [4.78, 5) is 40.6. The highest BCUT2D eigenvalue weighted by Gasteiger charge is 2.33. The number of aromatic nitrogens is 2. The second-order valence-corrected chi connectivity index (χ2v) is 5.78. The molecule has 6 heteroatoms. The van der Waals surface area contributed by atoms with E-state index in [4.69, 9.17) is 5.11 Å². The van der Waals surface area contributed by atoms with E-state index in [1.165, 1.54) is 18.5 Å². The quantitative estimate of drug-likeness (QED) is 0.622. The second kappa shape index (κ2) is 5.52. The van der Waals surface area contributed by atoms with Gasteiger partial charge in [0.15, 0.2) is 0 Å². The van der Waals surface area contributed by atoms with E-state index in [0.29, 0.717) is 16.7 Å². The molecule has 1 N–H and O–H groups in total. The molecule has 1 aliphatic carbocycles. The van der Waals surface area contributed by atoms with Crippen LogP contribution in [0.15, 0.2) is 54.9 Å². The van der Waals surface area contributed by atoms with Crippen molar-refractivity contribution in [2.24, 2.45) is 0 Å². The number of fused-ring (bicyclic) bond motifs is 2. The summed E-state index contributed by atoms with van der Waals surface area (Å²) < 4.78 is 1.59. The van der Waals surface area contributed by atoms with Crippen molar-refractivity contribution in [1.29, 1.82) is 0 Å². The summed E-state index contributed by atoms with van der Waals surface area (Å²) >= 11 is 0. The first-order valence-electron chi connectivity index (χ1n) is 7.62. The zero-order valence-corrected chi connectivity index (χ0v) is 13.0. The minimum atomic E-state index is -1.02. The lowest BCUT2D eigenvalue weighted by Crippen LogP contribution is -2.23. The SMILES string of the molecule is O=C(O)c1cccc(Cn2cnc3c2C(=O)c2ccccc2C3=O)c1. The Morgan fingerprint density at radius 1 is 1.00 bits per heavy atom. The average molecular weight is 332 g/mol. The Balaban J connectivity index is 1.77. The molecule has 122 valence electrons. The number of benzene rings is 2. The number of hydrogen-bond acceptors (Lipinski definition) is 4. The Morgan fingerprint density at radius 3 is 2.44 bits per heavy atom. The molecule has 2 aromatic carbocycles. The molecule has 25 heavy (non-hydrogen) atoms. The standard InChI is InChI=1S/C19H12N2O4/c22-17-13-6-1-2-7-14(13)18(23)16-15(17)20-10-21(16)9-11-4-3-5-12(8-11)19(24)25/h1-8,10H,9H2,(H,24,25). The van der Waals surface area contributed by atoms with Gasteiger partial charge in [-0.05, 0) is 17.7 Å². The molecular formula is C19H12N2O4. The first kappa shape index (κ1) is 15.0. The minimum Gasteiger partial charge on any atom is -0.478 e. The lowest BCUT2D eigenvalue weighted by Gasteiger charge is -2.15. The number of nitrogens with zero attached hydrogens (tertiary/aromatic N) is 2. The predicted molar refractivity (Wildman–Crippen MR) is 88.0 cm³/mol. The van der Waals surface area contributed by atoms with Crippen molar-refractivity contribution in [3.05, 3.63) is 88.5 Å². The Bertz CT molecular complexity index is 1050. The third-order valence-electron chi connectivity index (χ3n) is 4.21. The number of carbonyl (C=O) groups is 3. The maximum Gasteiger partial charge on any atom is 0.335 e. The summed E-state index contributed by atoms with van der Waals surface area (Å²) in [6, 6.07) is 13.1. The van der Waals surface area contributed by atoms with Gasteiger partial charge >= 0.3 is 5.97 Å². The van der Waals surface area contributed by atoms with Crippen molar-refractivity contribution < 1.29 is 19.5 Å². The molecule has 0 aliphatic heterocycles. The third kappa shape index (κ3) is 2.35. The fraction of sp³-hybridized carbons (Fsp3) is 0.0526. The lowest BCUT2D eigenvalue weighted by atomic mass is 9.90. The Hall–Kier alpha value is -3.54. The first-order valence-corrected chi connectivity index (χ1v) is 7.62. The summed E-state index contributed by atoms with van der Waals surface area (Å²) in [5.74, 6) is -1.55. The van der Waals surface area contributed by atoms with Crippen LogP contribution < -0.4 is 0 Å². The number of hydrogen-bond donors (Lipinski definition) is 1. The van der Waals surface area contributed by atoms with E-state index in [2.05, 4.69) is 4.98 Å². The Kier molecular flexibility index (Phi) is 3.32. The van der Waals surface area contributed by atoms with Crippen molar-refractivity contribution in [3.63, 3.8) is 0 Å². The van der Waals surface area contributed by atoms with Crippen molar-refractivity contribution in [3.8, 4) is 0 Å². The number of carboxylic acid groups (broad SMARTS) is 1. The van der Waals surface area contributed by atoms with Crippen LogP contribution in [0.1, 0.15) is 48.0 Å². The van der Waals surface area contributed by atoms with Gasteiger partial charge in [0.05, 0.1) is 11.9 Å². The van der Waals surface area contributed by atoms with Gasteiger partial charge in [0.1, 0.15) is 11.4 Å². The zero-order chi connectivity index (χ0) is 17.6. The van der Waals surface area contributed by atoms with E-state index in [9.17, 15) is 14.4 Å². The number of carbonyl (C=O) groups excluding carboxylic acids is 2. The van der Waals surface area contributed by atoms with Crippen molar-refractivity contribution in [1.82, 2.24) is 9.55 Å². The van der Waals surface area contributed by atoms with Crippen LogP contribution in [-0.4, -0.2) is 32.2 Å². The molecule has 3 aromatic rings. The molecule has 1 aromatic heterocycles. The average Bonchev–Trinajstić information content (AvgIpc) is 3.04. The zero-order valence-electron chi connectivity index (χ0n) is 13.0. The molecule has 0 atom stereocenters. The molecule has 0 saturated carbocycles. The molecule has 0 spiro atoms. The highest BCUT2D eigenvalue weighted by molar-refractivity contribution is 6.27. The van der Waals surface area contributed by atoms with Gasteiger partial charge in [-0.3, -0.25) is 9.59 Å². The van der Waals surface area contributed by atoms with Gasteiger partial charge in [0.2, 0.25) is 11.6 Å². The van der Waals surface area contributed by atoms with E-state index < -0.39 is 5.97 Å². The molecule has 1 aliphatic rings. The van der Waals surface area contributed by atoms with Crippen LogP contribution in [0, 0.1) is 0 Å². The summed E-state index contributed by atoms with van der Waals surface area (Å²) in [5.41, 5.74) is 1.97. The summed E-state index contributed by atoms with van der Waals surface area (Å²) in [7, 11) is 0. The number of aromatic carboxylic acids is 1. The molecule has 0 radical (unpaired) electrons. The van der Waals surface area contributed by atoms with Crippen LogP contribution in [0.5, 0.6) is 0 Å². The topological polar surface area (TPSA) is 89.3 Å². The Labute approximate surface area is 142 Å². The molecule has 0 fully saturated rings.